The van der Waals surface area contributed by atoms with E-state index in [9.17, 15) is 0 Å². The van der Waals surface area contributed by atoms with E-state index in [2.05, 4.69) is 45.1 Å². The maximum Gasteiger partial charge on any atom is 0.123 e. The zero-order chi connectivity index (χ0) is 11.4. The Labute approximate surface area is 92.6 Å². The first-order valence-corrected chi connectivity index (χ1v) is 5.43. The van der Waals surface area contributed by atoms with Crippen LogP contribution in [0.15, 0.2) is 12.1 Å². The van der Waals surface area contributed by atoms with Crippen LogP contribution in [0.3, 0.4) is 0 Å². The summed E-state index contributed by atoms with van der Waals surface area (Å²) in [5.41, 5.74) is 3.79. The smallest absolute Gasteiger partial charge is 0.123 e. The molecule has 15 heavy (non-hydrogen) atoms. The highest BCUT2D eigenvalue weighted by atomic mass is 16.5. The lowest BCUT2D eigenvalue weighted by Gasteiger charge is -2.17. The first-order valence-electron chi connectivity index (χ1n) is 5.43. The fourth-order valence-corrected chi connectivity index (χ4v) is 1.67. The van der Waals surface area contributed by atoms with Gasteiger partial charge in [0.1, 0.15) is 11.9 Å². The van der Waals surface area contributed by atoms with Crippen molar-refractivity contribution in [3.8, 4) is 5.75 Å². The molecular formula is C13H21NO. The summed E-state index contributed by atoms with van der Waals surface area (Å²) >= 11 is 0. The monoisotopic (exact) mass is 207 g/mol. The van der Waals surface area contributed by atoms with Gasteiger partial charge in [0.25, 0.3) is 0 Å². The number of benzene rings is 1. The third-order valence-corrected chi connectivity index (χ3v) is 2.58. The lowest BCUT2D eigenvalue weighted by atomic mass is 10.1. The van der Waals surface area contributed by atoms with Gasteiger partial charge < -0.3 is 10.1 Å². The molecule has 1 N–H and O–H groups in total. The summed E-state index contributed by atoms with van der Waals surface area (Å²) in [5, 5.41) is 3.11. The molecule has 84 valence electrons. The Morgan fingerprint density at radius 3 is 2.53 bits per heavy atom. The molecule has 2 heteroatoms. The normalized spacial score (nSPS) is 12.6. The van der Waals surface area contributed by atoms with Gasteiger partial charge in [0.15, 0.2) is 0 Å². The van der Waals surface area contributed by atoms with Crippen LogP contribution in [0, 0.1) is 20.8 Å². The van der Waals surface area contributed by atoms with Crippen LogP contribution in [-0.4, -0.2) is 19.7 Å². The second kappa shape index (κ2) is 5.17. The lowest BCUT2D eigenvalue weighted by Crippen LogP contribution is -2.26. The van der Waals surface area contributed by atoms with Crippen molar-refractivity contribution in [2.45, 2.75) is 33.8 Å². The summed E-state index contributed by atoms with van der Waals surface area (Å²) in [7, 11) is 1.94. The molecule has 0 heterocycles. The Hall–Kier alpha value is -1.02. The van der Waals surface area contributed by atoms with Crippen LogP contribution in [0.1, 0.15) is 23.6 Å². The molecule has 0 spiro atoms. The van der Waals surface area contributed by atoms with Crippen LogP contribution < -0.4 is 10.1 Å². The van der Waals surface area contributed by atoms with Gasteiger partial charge >= 0.3 is 0 Å². The molecule has 1 unspecified atom stereocenters. The summed E-state index contributed by atoms with van der Waals surface area (Å²) in [4.78, 5) is 0. The van der Waals surface area contributed by atoms with Crippen LogP contribution in [0.2, 0.25) is 0 Å². The van der Waals surface area contributed by atoms with Crippen molar-refractivity contribution < 1.29 is 4.74 Å². The molecule has 0 amide bonds. The number of nitrogens with one attached hydrogen (secondary N) is 1. The molecule has 0 saturated heterocycles. The van der Waals surface area contributed by atoms with Gasteiger partial charge in [-0.3, -0.25) is 0 Å². The molecule has 0 aliphatic rings. The Balaban J connectivity index is 2.84. The van der Waals surface area contributed by atoms with Crippen molar-refractivity contribution in [3.05, 3.63) is 28.8 Å². The number of likely N-dealkylation sites (N-methyl/N-ethyl adjacent to an activating group) is 1. The summed E-state index contributed by atoms with van der Waals surface area (Å²) < 4.78 is 5.88. The van der Waals surface area contributed by atoms with Gasteiger partial charge in [-0.25, -0.2) is 0 Å². The topological polar surface area (TPSA) is 21.3 Å². The van der Waals surface area contributed by atoms with Gasteiger partial charge in [0.05, 0.1) is 0 Å². The lowest BCUT2D eigenvalue weighted by molar-refractivity contribution is 0.219. The van der Waals surface area contributed by atoms with Gasteiger partial charge in [-0.05, 0) is 57.5 Å². The number of hydrogen-bond donors (Lipinski definition) is 1. The Bertz CT molecular complexity index is 334. The third kappa shape index (κ3) is 3.24. The summed E-state index contributed by atoms with van der Waals surface area (Å²) in [5.74, 6) is 1.01. The maximum absolute atomic E-state index is 5.88. The van der Waals surface area contributed by atoms with Gasteiger partial charge in [-0.1, -0.05) is 6.07 Å². The van der Waals surface area contributed by atoms with Crippen LogP contribution >= 0.6 is 0 Å². The molecular weight excluding hydrogens is 186 g/mol. The number of ether oxygens (including phenoxy) is 1. The zero-order valence-electron chi connectivity index (χ0n) is 10.3. The van der Waals surface area contributed by atoms with Gasteiger partial charge in [0.2, 0.25) is 0 Å². The van der Waals surface area contributed by atoms with E-state index in [0.717, 1.165) is 12.3 Å². The molecule has 0 aliphatic heterocycles. The second-order valence-corrected chi connectivity index (χ2v) is 4.19. The highest BCUT2D eigenvalue weighted by molar-refractivity contribution is 5.42. The van der Waals surface area contributed by atoms with Crippen molar-refractivity contribution >= 4 is 0 Å². The molecule has 2 nitrogen and oxygen atoms in total. The zero-order valence-corrected chi connectivity index (χ0v) is 10.3. The van der Waals surface area contributed by atoms with Gasteiger partial charge in [-0.15, -0.1) is 0 Å². The average Bonchev–Trinajstić information content (AvgIpc) is 2.13. The predicted octanol–water partition coefficient (Wildman–Crippen LogP) is 2.60. The Morgan fingerprint density at radius 2 is 1.93 bits per heavy atom. The summed E-state index contributed by atoms with van der Waals surface area (Å²) in [6.45, 7) is 9.27. The van der Waals surface area contributed by atoms with E-state index in [1.807, 2.05) is 7.05 Å². The first-order chi connectivity index (χ1) is 7.04. The van der Waals surface area contributed by atoms with Gasteiger partial charge in [-0.2, -0.15) is 0 Å². The number of rotatable bonds is 4. The molecule has 1 rings (SSSR count). The highest BCUT2D eigenvalue weighted by Crippen LogP contribution is 2.24. The molecule has 0 aromatic heterocycles. The number of hydrogen-bond acceptors (Lipinski definition) is 2. The van der Waals surface area contributed by atoms with Crippen molar-refractivity contribution in [2.75, 3.05) is 13.6 Å². The van der Waals surface area contributed by atoms with E-state index >= 15 is 0 Å². The van der Waals surface area contributed by atoms with E-state index in [4.69, 9.17) is 4.74 Å². The standard InChI is InChI=1S/C13H21NO/c1-9-6-10(2)12(4)13(7-9)15-11(3)8-14-5/h6-7,11,14H,8H2,1-5H3. The van der Waals surface area contributed by atoms with Crippen LogP contribution in [0.25, 0.3) is 0 Å². The van der Waals surface area contributed by atoms with Crippen molar-refractivity contribution in [2.24, 2.45) is 0 Å². The van der Waals surface area contributed by atoms with Crippen LogP contribution in [0.5, 0.6) is 5.75 Å². The van der Waals surface area contributed by atoms with E-state index in [0.29, 0.717) is 0 Å². The highest BCUT2D eigenvalue weighted by Gasteiger charge is 2.07. The van der Waals surface area contributed by atoms with Gasteiger partial charge in [0, 0.05) is 6.54 Å². The predicted molar refractivity (Wildman–Crippen MR) is 64.7 cm³/mol. The number of aryl methyl sites for hydroxylation is 2. The molecule has 0 radical (unpaired) electrons. The van der Waals surface area contributed by atoms with Crippen molar-refractivity contribution in [3.63, 3.8) is 0 Å². The van der Waals surface area contributed by atoms with E-state index in [1.165, 1.54) is 16.7 Å². The first kappa shape index (κ1) is 12.1. The summed E-state index contributed by atoms with van der Waals surface area (Å²) in [6.07, 6.45) is 0.204. The molecule has 1 aromatic rings. The maximum atomic E-state index is 5.88. The third-order valence-electron chi connectivity index (χ3n) is 2.58. The van der Waals surface area contributed by atoms with E-state index in [-0.39, 0.29) is 6.10 Å². The summed E-state index contributed by atoms with van der Waals surface area (Å²) in [6, 6.07) is 4.29. The minimum Gasteiger partial charge on any atom is -0.489 e. The minimum absolute atomic E-state index is 0.204. The largest absolute Gasteiger partial charge is 0.489 e. The Morgan fingerprint density at radius 1 is 1.27 bits per heavy atom. The second-order valence-electron chi connectivity index (χ2n) is 4.19. The fourth-order valence-electron chi connectivity index (χ4n) is 1.67. The average molecular weight is 207 g/mol. The minimum atomic E-state index is 0.204. The van der Waals surface area contributed by atoms with E-state index in [1.54, 1.807) is 0 Å². The van der Waals surface area contributed by atoms with Crippen LogP contribution in [0.4, 0.5) is 0 Å². The molecule has 0 saturated carbocycles. The molecule has 0 aliphatic carbocycles. The van der Waals surface area contributed by atoms with Crippen LogP contribution in [-0.2, 0) is 0 Å². The van der Waals surface area contributed by atoms with Crippen molar-refractivity contribution in [1.82, 2.24) is 5.32 Å². The van der Waals surface area contributed by atoms with Crippen molar-refractivity contribution in [1.29, 1.82) is 0 Å². The van der Waals surface area contributed by atoms with E-state index < -0.39 is 0 Å². The molecule has 1 atom stereocenters. The SMILES string of the molecule is CNCC(C)Oc1cc(C)cc(C)c1C. The fraction of sp³-hybridized carbons (Fsp3) is 0.538. The Kier molecular flexibility index (Phi) is 4.15. The quantitative estimate of drug-likeness (QED) is 0.819. The molecule has 0 fully saturated rings. The molecule has 1 aromatic carbocycles. The molecule has 0 bridgehead atoms.